The molecular weight excluding hydrogens is 428 g/mol. The highest BCUT2D eigenvalue weighted by Crippen LogP contribution is 2.35. The Kier molecular flexibility index (Phi) is 8.51. The van der Waals surface area contributed by atoms with E-state index in [2.05, 4.69) is 16.1 Å². The van der Waals surface area contributed by atoms with Gasteiger partial charge in [0.2, 0.25) is 10.0 Å². The van der Waals surface area contributed by atoms with E-state index >= 15 is 0 Å². The van der Waals surface area contributed by atoms with Gasteiger partial charge in [-0.3, -0.25) is 0 Å². The lowest BCUT2D eigenvalue weighted by molar-refractivity contribution is -0.0173. The van der Waals surface area contributed by atoms with Gasteiger partial charge in [-0.1, -0.05) is 18.2 Å². The van der Waals surface area contributed by atoms with Crippen LogP contribution in [0.4, 0.5) is 4.79 Å². The number of nitrogens with one attached hydrogen (secondary N) is 2. The quantitative estimate of drug-likeness (QED) is 0.647. The van der Waals surface area contributed by atoms with Gasteiger partial charge in [0.05, 0.1) is 36.6 Å². The summed E-state index contributed by atoms with van der Waals surface area (Å²) in [6.07, 6.45) is 6.27. The molecule has 176 valence electrons. The first kappa shape index (κ1) is 24.5. The summed E-state index contributed by atoms with van der Waals surface area (Å²) in [5.74, 6) is 0.354. The van der Waals surface area contributed by atoms with E-state index in [1.165, 1.54) is 0 Å². The third-order valence-electron chi connectivity index (χ3n) is 6.43. The number of carbonyl (C=O) groups excluding carboxylic acids is 1. The molecule has 2 aliphatic rings. The molecule has 0 spiro atoms. The summed E-state index contributed by atoms with van der Waals surface area (Å²) >= 11 is 0. The van der Waals surface area contributed by atoms with Crippen molar-refractivity contribution in [2.45, 2.75) is 69.6 Å². The van der Waals surface area contributed by atoms with E-state index in [1.807, 2.05) is 31.2 Å². The Bertz CT molecular complexity index is 922. The Morgan fingerprint density at radius 2 is 1.94 bits per heavy atom. The van der Waals surface area contributed by atoms with Crippen LogP contribution in [0.3, 0.4) is 0 Å². The third kappa shape index (κ3) is 6.44. The molecule has 2 fully saturated rings. The highest BCUT2D eigenvalue weighted by Gasteiger charge is 2.37. The molecule has 9 heteroatoms. The first-order valence-electron chi connectivity index (χ1n) is 11.4. The predicted octanol–water partition coefficient (Wildman–Crippen LogP) is 2.71. The number of carbonyl (C=O) groups is 1. The lowest BCUT2D eigenvalue weighted by Gasteiger charge is -2.42. The minimum Gasteiger partial charge on any atom is -0.376 e. The highest BCUT2D eigenvalue weighted by molar-refractivity contribution is 7.88. The monoisotopic (exact) mass is 462 g/mol. The minimum atomic E-state index is -3.40. The lowest BCUT2D eigenvalue weighted by Crippen LogP contribution is -2.60. The maximum atomic E-state index is 12.6. The van der Waals surface area contributed by atoms with E-state index in [4.69, 9.17) is 4.74 Å². The summed E-state index contributed by atoms with van der Waals surface area (Å²) in [5, 5.41) is 12.2. The van der Waals surface area contributed by atoms with Crippen LogP contribution in [0.2, 0.25) is 0 Å². The van der Waals surface area contributed by atoms with Gasteiger partial charge < -0.3 is 15.0 Å². The molecule has 3 rings (SSSR count). The summed E-state index contributed by atoms with van der Waals surface area (Å²) in [4.78, 5) is 14.3. The number of sulfonamides is 1. The number of urea groups is 1. The number of benzene rings is 1. The number of nitrogens with zero attached hydrogens (tertiary/aromatic N) is 2. The predicted molar refractivity (Wildman–Crippen MR) is 123 cm³/mol. The molecule has 0 unspecified atom stereocenters. The normalized spacial score (nSPS) is 26.3. The molecule has 2 amide bonds. The number of piperidine rings is 1. The number of amides is 2. The fraction of sp³-hybridized carbons (Fsp3) is 0.652. The summed E-state index contributed by atoms with van der Waals surface area (Å²) < 4.78 is 32.7. The molecule has 0 bridgehead atoms. The summed E-state index contributed by atoms with van der Waals surface area (Å²) in [6.45, 7) is 3.26. The first-order chi connectivity index (χ1) is 15.3. The van der Waals surface area contributed by atoms with E-state index in [0.717, 1.165) is 49.5 Å². The fourth-order valence-corrected chi connectivity index (χ4v) is 5.74. The number of hydrogen-bond donors (Lipinski definition) is 2. The van der Waals surface area contributed by atoms with Crippen molar-refractivity contribution in [1.29, 1.82) is 5.26 Å². The molecule has 8 nitrogen and oxygen atoms in total. The van der Waals surface area contributed by atoms with Crippen molar-refractivity contribution in [3.8, 4) is 6.07 Å². The molecule has 2 N–H and O–H groups in total. The zero-order valence-corrected chi connectivity index (χ0v) is 19.7. The average molecular weight is 463 g/mol. The van der Waals surface area contributed by atoms with Crippen LogP contribution in [0.1, 0.15) is 62.5 Å². The molecular formula is C23H34N4O4S. The lowest BCUT2D eigenvalue weighted by atomic mass is 9.81. The van der Waals surface area contributed by atoms with Crippen molar-refractivity contribution in [3.05, 3.63) is 35.4 Å². The van der Waals surface area contributed by atoms with Crippen molar-refractivity contribution in [3.63, 3.8) is 0 Å². The van der Waals surface area contributed by atoms with Crippen LogP contribution in [0.5, 0.6) is 0 Å². The van der Waals surface area contributed by atoms with Crippen LogP contribution < -0.4 is 10.0 Å². The van der Waals surface area contributed by atoms with E-state index in [9.17, 15) is 18.5 Å². The highest BCUT2D eigenvalue weighted by atomic mass is 32.2. The van der Waals surface area contributed by atoms with Crippen LogP contribution in [-0.2, 0) is 14.8 Å². The van der Waals surface area contributed by atoms with E-state index in [1.54, 1.807) is 4.90 Å². The second kappa shape index (κ2) is 11.1. The van der Waals surface area contributed by atoms with Gasteiger partial charge in [-0.25, -0.2) is 17.9 Å². The second-order valence-corrected chi connectivity index (χ2v) is 10.5. The smallest absolute Gasteiger partial charge is 0.317 e. The van der Waals surface area contributed by atoms with Crippen LogP contribution >= 0.6 is 0 Å². The zero-order chi connectivity index (χ0) is 23.1. The minimum absolute atomic E-state index is 0.0670. The largest absolute Gasteiger partial charge is 0.376 e. The van der Waals surface area contributed by atoms with Gasteiger partial charge in [-0.15, -0.1) is 0 Å². The molecule has 0 radical (unpaired) electrons. The van der Waals surface area contributed by atoms with E-state index in [0.29, 0.717) is 32.0 Å². The standard InChI is InChI=1S/C23H34N4O4S/c1-3-25-23(28)27-14-6-9-21(26-32(2,29)30)22(27)16-31-19-12-10-17(11-13-19)20-8-5-4-7-18(20)15-24/h4-5,7-8,17,19,21-22,26H,3,6,9-14,16H2,1-2H3,(H,25,28)/t17?,19?,21-,22-/m0/s1. The second-order valence-electron chi connectivity index (χ2n) is 8.74. The number of rotatable bonds is 7. The van der Waals surface area contributed by atoms with E-state index in [-0.39, 0.29) is 24.2 Å². The molecule has 1 aliphatic carbocycles. The molecule has 1 saturated carbocycles. The Morgan fingerprint density at radius 3 is 2.59 bits per heavy atom. The van der Waals surface area contributed by atoms with Gasteiger partial charge in [-0.05, 0) is 63.0 Å². The Hall–Kier alpha value is -2.15. The molecule has 1 aromatic rings. The molecule has 32 heavy (non-hydrogen) atoms. The Labute approximate surface area is 191 Å². The molecule has 1 aliphatic heterocycles. The van der Waals surface area contributed by atoms with Gasteiger partial charge in [0.15, 0.2) is 0 Å². The molecule has 1 heterocycles. The Morgan fingerprint density at radius 1 is 1.22 bits per heavy atom. The van der Waals surface area contributed by atoms with Crippen molar-refractivity contribution < 1.29 is 17.9 Å². The third-order valence-corrected chi connectivity index (χ3v) is 7.16. The van der Waals surface area contributed by atoms with Crippen LogP contribution in [-0.4, -0.2) is 63.5 Å². The molecule has 1 aromatic carbocycles. The van der Waals surface area contributed by atoms with Gasteiger partial charge in [0.1, 0.15) is 0 Å². The number of hydrogen-bond acceptors (Lipinski definition) is 5. The van der Waals surface area contributed by atoms with Crippen LogP contribution in [0.25, 0.3) is 0 Å². The number of likely N-dealkylation sites (tertiary alicyclic amines) is 1. The van der Waals surface area contributed by atoms with Gasteiger partial charge in [0, 0.05) is 19.1 Å². The van der Waals surface area contributed by atoms with Crippen molar-refractivity contribution >= 4 is 16.1 Å². The van der Waals surface area contributed by atoms with Crippen LogP contribution in [0.15, 0.2) is 24.3 Å². The van der Waals surface area contributed by atoms with Crippen LogP contribution in [0, 0.1) is 11.3 Å². The van der Waals surface area contributed by atoms with Crippen molar-refractivity contribution in [2.75, 3.05) is 26.0 Å². The maximum Gasteiger partial charge on any atom is 0.317 e. The molecule has 0 aromatic heterocycles. The number of ether oxygens (including phenoxy) is 1. The molecule has 1 saturated heterocycles. The van der Waals surface area contributed by atoms with Crippen molar-refractivity contribution in [2.24, 2.45) is 0 Å². The SMILES string of the molecule is CCNC(=O)N1CCC[C@H](NS(C)(=O)=O)[C@@H]1COC1CCC(c2ccccc2C#N)CC1. The van der Waals surface area contributed by atoms with Crippen molar-refractivity contribution in [1.82, 2.24) is 14.9 Å². The van der Waals surface area contributed by atoms with Gasteiger partial charge >= 0.3 is 6.03 Å². The maximum absolute atomic E-state index is 12.6. The topological polar surface area (TPSA) is 112 Å². The summed E-state index contributed by atoms with van der Waals surface area (Å²) in [6, 6.07) is 9.18. The molecule has 2 atom stereocenters. The van der Waals surface area contributed by atoms with E-state index < -0.39 is 10.0 Å². The Balaban J connectivity index is 1.62. The van der Waals surface area contributed by atoms with Gasteiger partial charge in [0.25, 0.3) is 0 Å². The van der Waals surface area contributed by atoms with Gasteiger partial charge in [-0.2, -0.15) is 5.26 Å². The summed E-state index contributed by atoms with van der Waals surface area (Å²) in [5.41, 5.74) is 1.85. The average Bonchev–Trinajstić information content (AvgIpc) is 2.77. The zero-order valence-electron chi connectivity index (χ0n) is 18.9. The first-order valence-corrected chi connectivity index (χ1v) is 13.3. The summed E-state index contributed by atoms with van der Waals surface area (Å²) in [7, 11) is -3.40. The fourth-order valence-electron chi connectivity index (χ4n) is 4.91. The number of nitriles is 1.